The number of hydrogen-bond donors (Lipinski definition) is 2. The first-order valence-electron chi connectivity index (χ1n) is 13.9. The molecule has 0 unspecified atom stereocenters. The van der Waals surface area contributed by atoms with E-state index in [-0.39, 0.29) is 0 Å². The Hall–Kier alpha value is -4.84. The second-order valence-corrected chi connectivity index (χ2v) is 9.71. The van der Waals surface area contributed by atoms with Gasteiger partial charge in [0.25, 0.3) is 0 Å². The highest BCUT2D eigenvalue weighted by Crippen LogP contribution is 2.27. The Labute approximate surface area is 236 Å². The van der Waals surface area contributed by atoms with E-state index in [1.165, 1.54) is 0 Å². The Bertz CT molecular complexity index is 1370. The Kier molecular flexibility index (Phi) is 9.60. The van der Waals surface area contributed by atoms with Crippen molar-refractivity contribution >= 4 is 35.2 Å². The first-order chi connectivity index (χ1) is 19.8. The van der Waals surface area contributed by atoms with E-state index in [0.717, 1.165) is 72.7 Å². The van der Waals surface area contributed by atoms with Crippen LogP contribution >= 0.6 is 0 Å². The van der Waals surface area contributed by atoms with E-state index in [9.17, 15) is 0 Å². The molecular weight excluding hydrogens is 492 g/mol. The maximum absolute atomic E-state index is 4.90. The van der Waals surface area contributed by atoms with Gasteiger partial charge in [-0.15, -0.1) is 0 Å². The third-order valence-electron chi connectivity index (χ3n) is 6.69. The fourth-order valence-corrected chi connectivity index (χ4v) is 4.51. The lowest BCUT2D eigenvalue weighted by atomic mass is 10.1. The predicted molar refractivity (Wildman–Crippen MR) is 164 cm³/mol. The largest absolute Gasteiger partial charge is 0.360 e. The normalized spacial score (nSPS) is 15.7. The zero-order chi connectivity index (χ0) is 27.2. The number of hydrogen-bond acceptors (Lipinski definition) is 4. The molecule has 0 spiro atoms. The third kappa shape index (κ3) is 8.08. The monoisotopic (exact) mass is 528 g/mol. The SMILES string of the molecule is C1=Nc2ccccc2N/C=C(/CCC[n+]2ccccc2)C=Nc2ccccc2N/C=C\1CCC[n+]1ccccc1. The van der Waals surface area contributed by atoms with Crippen LogP contribution in [0.2, 0.25) is 0 Å². The summed E-state index contributed by atoms with van der Waals surface area (Å²) < 4.78 is 4.42. The number of nitrogens with one attached hydrogen (secondary N) is 2. The van der Waals surface area contributed by atoms with Crippen molar-refractivity contribution in [3.8, 4) is 0 Å². The fourth-order valence-electron chi connectivity index (χ4n) is 4.51. The van der Waals surface area contributed by atoms with E-state index in [2.05, 4.69) is 93.4 Å². The number of aliphatic imine (C=N–C) groups is 2. The van der Waals surface area contributed by atoms with Gasteiger partial charge < -0.3 is 10.6 Å². The number of aromatic nitrogens is 2. The molecule has 4 aromatic rings. The fraction of sp³-hybridized carbons (Fsp3) is 0.176. The second kappa shape index (κ2) is 14.4. The van der Waals surface area contributed by atoms with Crippen molar-refractivity contribution in [2.45, 2.75) is 38.8 Å². The second-order valence-electron chi connectivity index (χ2n) is 9.71. The minimum Gasteiger partial charge on any atom is -0.360 e. The quantitative estimate of drug-likeness (QED) is 0.244. The lowest BCUT2D eigenvalue weighted by Gasteiger charge is -2.10. The van der Waals surface area contributed by atoms with Gasteiger partial charge >= 0.3 is 0 Å². The van der Waals surface area contributed by atoms with Gasteiger partial charge in [0.2, 0.25) is 0 Å². The van der Waals surface area contributed by atoms with Gasteiger partial charge in [-0.3, -0.25) is 9.98 Å². The minimum absolute atomic E-state index is 0.892. The first kappa shape index (κ1) is 26.8. The van der Waals surface area contributed by atoms with Crippen LogP contribution in [0.15, 0.2) is 143 Å². The van der Waals surface area contributed by atoms with Gasteiger partial charge in [-0.2, -0.15) is 0 Å². The number of para-hydroxylation sites is 4. The number of aryl methyl sites for hydroxylation is 2. The summed E-state index contributed by atoms with van der Waals surface area (Å²) in [5.41, 5.74) is 5.97. The predicted octanol–water partition coefficient (Wildman–Crippen LogP) is 6.93. The number of rotatable bonds is 8. The minimum atomic E-state index is 0.892. The summed E-state index contributed by atoms with van der Waals surface area (Å²) in [5, 5.41) is 7.01. The van der Waals surface area contributed by atoms with Crippen molar-refractivity contribution in [1.29, 1.82) is 0 Å². The summed E-state index contributed by atoms with van der Waals surface area (Å²) in [4.78, 5) is 9.79. The highest BCUT2D eigenvalue weighted by atomic mass is 14.9. The van der Waals surface area contributed by atoms with Crippen molar-refractivity contribution in [1.82, 2.24) is 0 Å². The average molecular weight is 529 g/mol. The number of anilines is 2. The zero-order valence-corrected chi connectivity index (χ0v) is 22.7. The van der Waals surface area contributed by atoms with Crippen LogP contribution in [-0.4, -0.2) is 12.4 Å². The molecule has 2 N–H and O–H groups in total. The van der Waals surface area contributed by atoms with Gasteiger partial charge in [-0.1, -0.05) is 36.4 Å². The zero-order valence-electron chi connectivity index (χ0n) is 22.7. The van der Waals surface area contributed by atoms with Crippen molar-refractivity contribution in [3.63, 3.8) is 0 Å². The number of nitrogens with zero attached hydrogens (tertiary/aromatic N) is 4. The molecule has 0 radical (unpaired) electrons. The van der Waals surface area contributed by atoms with E-state index in [1.54, 1.807) is 0 Å². The summed E-state index contributed by atoms with van der Waals surface area (Å²) >= 11 is 0. The molecule has 6 nitrogen and oxygen atoms in total. The summed E-state index contributed by atoms with van der Waals surface area (Å²) in [5.74, 6) is 0. The highest BCUT2D eigenvalue weighted by molar-refractivity contribution is 5.87. The number of allylic oxidation sites excluding steroid dienone is 2. The molecule has 2 aromatic carbocycles. The molecule has 200 valence electrons. The average Bonchev–Trinajstić information content (AvgIpc) is 3.01. The summed E-state index contributed by atoms with van der Waals surface area (Å²) in [6, 6.07) is 28.6. The molecule has 40 heavy (non-hydrogen) atoms. The molecule has 0 amide bonds. The molecule has 0 saturated heterocycles. The molecule has 3 heterocycles. The summed E-state index contributed by atoms with van der Waals surface area (Å²) in [6.45, 7) is 1.89. The standard InChI is InChI=1S/C34H36N6/c1-7-19-39(20-8-1)23-11-13-29-25-35-31-15-3-5-17-33(31)37-27-30(14-12-24-40-21-9-2-10-22-40)28-38-34-18-6-4-16-32(34)36-26-29/h1-10,15-22,25-28,35,38H,11-14,23-24H2/q+2/b29-25-,30-28-,36-26?,37-27?. The third-order valence-corrected chi connectivity index (χ3v) is 6.69. The van der Waals surface area contributed by atoms with E-state index in [4.69, 9.17) is 9.98 Å². The first-order valence-corrected chi connectivity index (χ1v) is 13.9. The molecular formula is C34H36N6+2. The van der Waals surface area contributed by atoms with Crippen LogP contribution in [0.25, 0.3) is 0 Å². The lowest BCUT2D eigenvalue weighted by molar-refractivity contribution is -0.697. The Morgan fingerprint density at radius 3 is 1.38 bits per heavy atom. The molecule has 0 bridgehead atoms. The van der Waals surface area contributed by atoms with Crippen LogP contribution in [0, 0.1) is 0 Å². The number of pyridine rings is 2. The summed E-state index contributed by atoms with van der Waals surface area (Å²) in [6.07, 6.45) is 20.3. The van der Waals surface area contributed by atoms with Crippen LogP contribution in [0.5, 0.6) is 0 Å². The highest BCUT2D eigenvalue weighted by Gasteiger charge is 2.06. The van der Waals surface area contributed by atoms with E-state index < -0.39 is 0 Å². The van der Waals surface area contributed by atoms with Gasteiger partial charge in [-0.05, 0) is 48.3 Å². The van der Waals surface area contributed by atoms with Crippen LogP contribution < -0.4 is 19.8 Å². The molecule has 0 aliphatic carbocycles. The maximum Gasteiger partial charge on any atom is 0.168 e. The smallest absolute Gasteiger partial charge is 0.168 e. The Morgan fingerprint density at radius 1 is 0.500 bits per heavy atom. The van der Waals surface area contributed by atoms with E-state index in [1.807, 2.05) is 61.0 Å². The van der Waals surface area contributed by atoms with Crippen molar-refractivity contribution in [2.75, 3.05) is 10.6 Å². The van der Waals surface area contributed by atoms with Crippen molar-refractivity contribution in [3.05, 3.63) is 133 Å². The topological polar surface area (TPSA) is 56.5 Å². The molecule has 6 heteroatoms. The van der Waals surface area contributed by atoms with Crippen LogP contribution in [0.1, 0.15) is 25.7 Å². The van der Waals surface area contributed by atoms with Crippen LogP contribution in [0.4, 0.5) is 22.7 Å². The molecule has 0 saturated carbocycles. The van der Waals surface area contributed by atoms with Crippen molar-refractivity contribution < 1.29 is 9.13 Å². The van der Waals surface area contributed by atoms with Gasteiger partial charge in [-0.25, -0.2) is 9.13 Å². The Morgan fingerprint density at radius 2 is 0.925 bits per heavy atom. The molecule has 0 fully saturated rings. The van der Waals surface area contributed by atoms with Gasteiger partial charge in [0.1, 0.15) is 13.1 Å². The lowest BCUT2D eigenvalue weighted by Crippen LogP contribution is -2.32. The van der Waals surface area contributed by atoms with Gasteiger partial charge in [0, 0.05) is 61.9 Å². The molecule has 1 aliphatic heterocycles. The van der Waals surface area contributed by atoms with Crippen LogP contribution in [-0.2, 0) is 13.1 Å². The van der Waals surface area contributed by atoms with Gasteiger partial charge in [0.15, 0.2) is 24.8 Å². The number of benzene rings is 2. The molecule has 5 rings (SSSR count). The van der Waals surface area contributed by atoms with E-state index in [0.29, 0.717) is 0 Å². The molecule has 0 atom stereocenters. The summed E-state index contributed by atoms with van der Waals surface area (Å²) in [7, 11) is 0. The molecule has 1 aliphatic rings. The number of fused-ring (bicyclic) bond motifs is 2. The van der Waals surface area contributed by atoms with E-state index >= 15 is 0 Å². The Balaban J connectivity index is 1.38. The maximum atomic E-state index is 4.90. The van der Waals surface area contributed by atoms with Crippen molar-refractivity contribution in [2.24, 2.45) is 9.98 Å². The van der Waals surface area contributed by atoms with Gasteiger partial charge in [0.05, 0.1) is 22.7 Å². The van der Waals surface area contributed by atoms with Crippen LogP contribution in [0.3, 0.4) is 0 Å². The molecule has 2 aromatic heterocycles.